The summed E-state index contributed by atoms with van der Waals surface area (Å²) in [6.07, 6.45) is 2.31. The zero-order valence-corrected chi connectivity index (χ0v) is 20.3. The summed E-state index contributed by atoms with van der Waals surface area (Å²) in [5, 5.41) is 4.79. The van der Waals surface area contributed by atoms with E-state index in [1.807, 2.05) is 6.92 Å². The molecule has 1 amide bonds. The molecule has 0 saturated carbocycles. The number of methoxy groups -OCH3 is 1. The molecule has 174 valence electrons. The van der Waals surface area contributed by atoms with Crippen molar-refractivity contribution < 1.29 is 22.4 Å². The first-order chi connectivity index (χ1) is 15.6. The molecule has 8 nitrogen and oxygen atoms in total. The molecule has 0 aliphatic heterocycles. The van der Waals surface area contributed by atoms with Crippen LogP contribution in [-0.2, 0) is 14.8 Å². The van der Waals surface area contributed by atoms with Gasteiger partial charge in [-0.25, -0.2) is 13.8 Å². The van der Waals surface area contributed by atoms with Crippen LogP contribution >= 0.6 is 23.2 Å². The number of rotatable bonds is 8. The van der Waals surface area contributed by atoms with Gasteiger partial charge in [0.15, 0.2) is 0 Å². The number of ether oxygens (including phenoxy) is 1. The van der Waals surface area contributed by atoms with E-state index in [0.717, 1.165) is 16.1 Å². The lowest BCUT2D eigenvalue weighted by Crippen LogP contribution is -2.39. The second kappa shape index (κ2) is 10.3. The topological polar surface area (TPSA) is 101 Å². The Balaban J connectivity index is 1.71. The number of hydrazone groups is 1. The highest BCUT2D eigenvalue weighted by Crippen LogP contribution is 2.32. The van der Waals surface area contributed by atoms with Gasteiger partial charge in [-0.05, 0) is 55.0 Å². The van der Waals surface area contributed by atoms with Crippen molar-refractivity contribution in [1.29, 1.82) is 0 Å². The quantitative estimate of drug-likeness (QED) is 0.356. The van der Waals surface area contributed by atoms with Crippen molar-refractivity contribution in [2.24, 2.45) is 5.10 Å². The molecule has 0 spiro atoms. The Bertz CT molecular complexity index is 1310. The normalized spacial score (nSPS) is 11.5. The fraction of sp³-hybridized carbons (Fsp3) is 0.182. The monoisotopic (exact) mass is 509 g/mol. The van der Waals surface area contributed by atoms with E-state index in [-0.39, 0.29) is 5.69 Å². The Hall–Kier alpha value is -3.01. The largest absolute Gasteiger partial charge is 0.495 e. The Kier molecular flexibility index (Phi) is 7.68. The summed E-state index contributed by atoms with van der Waals surface area (Å²) in [4.78, 5) is 12.4. The Labute approximate surface area is 201 Å². The van der Waals surface area contributed by atoms with Crippen LogP contribution in [0.1, 0.15) is 11.3 Å². The number of nitrogens with one attached hydrogen (secondary N) is 1. The van der Waals surface area contributed by atoms with Crippen LogP contribution < -0.4 is 14.5 Å². The van der Waals surface area contributed by atoms with Crippen LogP contribution in [0.2, 0.25) is 10.0 Å². The summed E-state index contributed by atoms with van der Waals surface area (Å²) in [6, 6.07) is 13.4. The molecule has 0 aliphatic carbocycles. The van der Waals surface area contributed by atoms with Crippen molar-refractivity contribution in [2.75, 3.05) is 24.2 Å². The zero-order valence-electron chi connectivity index (χ0n) is 18.0. The lowest BCUT2D eigenvalue weighted by Gasteiger charge is -2.23. The van der Waals surface area contributed by atoms with Crippen LogP contribution in [0, 0.1) is 6.92 Å². The smallest absolute Gasteiger partial charge is 0.260 e. The minimum atomic E-state index is -3.77. The number of hydrogen-bond donors (Lipinski definition) is 1. The van der Waals surface area contributed by atoms with E-state index in [9.17, 15) is 13.2 Å². The Morgan fingerprint density at radius 1 is 1.18 bits per heavy atom. The summed E-state index contributed by atoms with van der Waals surface area (Å²) in [5.74, 6) is 0.537. The number of benzene rings is 2. The number of anilines is 1. The van der Waals surface area contributed by atoms with E-state index in [1.165, 1.54) is 13.3 Å². The van der Waals surface area contributed by atoms with Gasteiger partial charge >= 0.3 is 0 Å². The van der Waals surface area contributed by atoms with Crippen molar-refractivity contribution in [3.63, 3.8) is 0 Å². The number of furan rings is 1. The van der Waals surface area contributed by atoms with Crippen molar-refractivity contribution in [1.82, 2.24) is 5.43 Å². The third kappa shape index (κ3) is 6.28. The van der Waals surface area contributed by atoms with E-state index in [2.05, 4.69) is 10.5 Å². The molecule has 33 heavy (non-hydrogen) atoms. The van der Waals surface area contributed by atoms with Crippen LogP contribution in [0.25, 0.3) is 11.3 Å². The minimum Gasteiger partial charge on any atom is -0.495 e. The molecule has 2 aromatic carbocycles. The molecule has 1 heterocycles. The molecule has 0 unspecified atom stereocenters. The van der Waals surface area contributed by atoms with Gasteiger partial charge in [-0.3, -0.25) is 9.10 Å². The number of hydrogen-bond acceptors (Lipinski definition) is 6. The molecule has 0 atom stereocenters. The SMILES string of the molecule is COc1ccc(C)cc1N(CC(=O)N/N=C\c1ccc(-c2ccc(Cl)cc2Cl)o1)S(C)(=O)=O. The van der Waals surface area contributed by atoms with Gasteiger partial charge in [-0.15, -0.1) is 0 Å². The molecular formula is C22H21Cl2N3O5S. The first-order valence-corrected chi connectivity index (χ1v) is 12.2. The molecular weight excluding hydrogens is 489 g/mol. The van der Waals surface area contributed by atoms with E-state index in [0.29, 0.717) is 32.9 Å². The summed E-state index contributed by atoms with van der Waals surface area (Å²) in [6.45, 7) is 1.32. The second-order valence-electron chi connectivity index (χ2n) is 7.06. The number of nitrogens with zero attached hydrogens (tertiary/aromatic N) is 2. The third-order valence-electron chi connectivity index (χ3n) is 4.50. The van der Waals surface area contributed by atoms with Crippen LogP contribution in [0.3, 0.4) is 0 Å². The highest BCUT2D eigenvalue weighted by molar-refractivity contribution is 7.92. The van der Waals surface area contributed by atoms with Gasteiger partial charge in [-0.2, -0.15) is 5.10 Å². The van der Waals surface area contributed by atoms with Gasteiger partial charge < -0.3 is 9.15 Å². The number of sulfonamides is 1. The molecule has 0 aliphatic rings. The van der Waals surface area contributed by atoms with Crippen LogP contribution in [0.5, 0.6) is 5.75 Å². The van der Waals surface area contributed by atoms with Crippen LogP contribution in [0.15, 0.2) is 58.0 Å². The van der Waals surface area contributed by atoms with Crippen LogP contribution in [0.4, 0.5) is 5.69 Å². The fourth-order valence-corrected chi connectivity index (χ4v) is 4.32. The Morgan fingerprint density at radius 3 is 2.61 bits per heavy atom. The highest BCUT2D eigenvalue weighted by atomic mass is 35.5. The van der Waals surface area contributed by atoms with E-state index in [1.54, 1.807) is 48.5 Å². The lowest BCUT2D eigenvalue weighted by atomic mass is 10.2. The number of carbonyl (C=O) groups is 1. The molecule has 0 radical (unpaired) electrons. The van der Waals surface area contributed by atoms with Gasteiger partial charge in [0.2, 0.25) is 10.0 Å². The third-order valence-corrected chi connectivity index (χ3v) is 6.17. The lowest BCUT2D eigenvalue weighted by molar-refractivity contribution is -0.119. The van der Waals surface area contributed by atoms with Crippen LogP contribution in [-0.4, -0.2) is 40.4 Å². The molecule has 11 heteroatoms. The maximum atomic E-state index is 12.4. The van der Waals surface area contributed by atoms with Crippen molar-refractivity contribution >= 4 is 51.0 Å². The molecule has 1 aromatic heterocycles. The molecule has 0 fully saturated rings. The maximum Gasteiger partial charge on any atom is 0.260 e. The number of halogens is 2. The van der Waals surface area contributed by atoms with Crippen molar-refractivity contribution in [2.45, 2.75) is 6.92 Å². The zero-order chi connectivity index (χ0) is 24.2. The summed E-state index contributed by atoms with van der Waals surface area (Å²) in [7, 11) is -2.35. The summed E-state index contributed by atoms with van der Waals surface area (Å²) in [5.41, 5.74) is 4.03. The van der Waals surface area contributed by atoms with Gasteiger partial charge in [0, 0.05) is 10.6 Å². The standard InChI is InChI=1S/C22H21Cl2N3O5S/c1-14-4-8-21(31-2)19(10-14)27(33(3,29)30)13-22(28)26-25-12-16-6-9-20(32-16)17-7-5-15(23)11-18(17)24/h4-12H,13H2,1-3H3,(H,26,28)/b25-12-. The summed E-state index contributed by atoms with van der Waals surface area (Å²) >= 11 is 12.1. The number of carbonyl (C=O) groups excluding carboxylic acids is 1. The van der Waals surface area contributed by atoms with E-state index in [4.69, 9.17) is 32.4 Å². The van der Waals surface area contributed by atoms with Gasteiger partial charge in [0.1, 0.15) is 23.8 Å². The maximum absolute atomic E-state index is 12.4. The Morgan fingerprint density at radius 2 is 1.94 bits per heavy atom. The first kappa shape index (κ1) is 24.6. The van der Waals surface area contributed by atoms with Gasteiger partial charge in [0.25, 0.3) is 5.91 Å². The van der Waals surface area contributed by atoms with E-state index < -0.39 is 22.5 Å². The average Bonchev–Trinajstić information content (AvgIpc) is 3.19. The molecule has 3 aromatic rings. The molecule has 0 bridgehead atoms. The fourth-order valence-electron chi connectivity index (χ4n) is 2.97. The molecule has 1 N–H and O–H groups in total. The van der Waals surface area contributed by atoms with Crippen molar-refractivity contribution in [3.8, 4) is 17.1 Å². The van der Waals surface area contributed by atoms with E-state index >= 15 is 0 Å². The highest BCUT2D eigenvalue weighted by Gasteiger charge is 2.24. The number of aryl methyl sites for hydroxylation is 1. The summed E-state index contributed by atoms with van der Waals surface area (Å²) < 4.78 is 36.6. The average molecular weight is 510 g/mol. The number of amides is 1. The predicted octanol–water partition coefficient (Wildman–Crippen LogP) is 4.49. The predicted molar refractivity (Wildman–Crippen MR) is 130 cm³/mol. The van der Waals surface area contributed by atoms with Gasteiger partial charge in [0.05, 0.1) is 30.3 Å². The molecule has 0 saturated heterocycles. The molecule has 3 rings (SSSR count). The second-order valence-corrected chi connectivity index (χ2v) is 9.81. The minimum absolute atomic E-state index is 0.259. The van der Waals surface area contributed by atoms with Crippen molar-refractivity contribution in [3.05, 3.63) is 69.9 Å². The van der Waals surface area contributed by atoms with Gasteiger partial charge in [-0.1, -0.05) is 29.3 Å². The first-order valence-electron chi connectivity index (χ1n) is 9.58.